The number of carboxylic acid groups (broad SMARTS) is 1. The quantitative estimate of drug-likeness (QED) is 0.498. The second kappa shape index (κ2) is 4.81. The van der Waals surface area contributed by atoms with Gasteiger partial charge in [-0.05, 0) is 0 Å². The largest absolute Gasteiger partial charge is 0.480 e. The Labute approximate surface area is 86.4 Å². The van der Waals surface area contributed by atoms with E-state index in [0.29, 0.717) is 0 Å². The highest BCUT2D eigenvalue weighted by Crippen LogP contribution is 2.35. The van der Waals surface area contributed by atoms with Crippen LogP contribution >= 0.6 is 7.60 Å². The minimum absolute atomic E-state index is 0.957. The van der Waals surface area contributed by atoms with E-state index in [1.54, 1.807) is 0 Å². The molecule has 0 fully saturated rings. The molecule has 1 atom stereocenters. The van der Waals surface area contributed by atoms with Gasteiger partial charge in [0.2, 0.25) is 0 Å². The number of carbonyl (C=O) groups excluding carboxylic acids is 1. The van der Waals surface area contributed by atoms with Crippen LogP contribution < -0.4 is 5.32 Å². The van der Waals surface area contributed by atoms with Gasteiger partial charge < -0.3 is 20.2 Å². The molecule has 0 spiro atoms. The van der Waals surface area contributed by atoms with Crippen molar-refractivity contribution in [2.45, 2.75) is 12.2 Å². The van der Waals surface area contributed by atoms with Crippen molar-refractivity contribution in [1.82, 2.24) is 5.32 Å². The van der Waals surface area contributed by atoms with Crippen LogP contribution in [0, 0.1) is 0 Å². The molecule has 16 heavy (non-hydrogen) atoms. The first-order valence-electron chi connectivity index (χ1n) is 3.58. The lowest BCUT2D eigenvalue weighted by Gasteiger charge is -2.15. The number of carboxylic acids is 1. The summed E-state index contributed by atoms with van der Waals surface area (Å²) in [6.07, 6.45) is -6.73. The minimum atomic E-state index is -5.32. The molecule has 1 unspecified atom stereocenters. The van der Waals surface area contributed by atoms with Crippen LogP contribution in [-0.4, -0.2) is 45.1 Å². The van der Waals surface area contributed by atoms with Crippen molar-refractivity contribution in [2.75, 3.05) is 6.16 Å². The maximum absolute atomic E-state index is 11.7. The molecule has 0 aliphatic carbocycles. The molecule has 0 aliphatic heterocycles. The Balaban J connectivity index is 4.67. The molecule has 0 radical (unpaired) electrons. The maximum atomic E-state index is 11.7. The van der Waals surface area contributed by atoms with E-state index in [2.05, 4.69) is 0 Å². The van der Waals surface area contributed by atoms with Gasteiger partial charge in [0.15, 0.2) is 0 Å². The highest BCUT2D eigenvalue weighted by atomic mass is 31.2. The van der Waals surface area contributed by atoms with Gasteiger partial charge >= 0.3 is 25.6 Å². The van der Waals surface area contributed by atoms with Crippen molar-refractivity contribution >= 4 is 19.5 Å². The van der Waals surface area contributed by atoms with E-state index in [0.717, 1.165) is 5.32 Å². The highest BCUT2D eigenvalue weighted by Gasteiger charge is 2.42. The van der Waals surface area contributed by atoms with Gasteiger partial charge in [0.05, 0.1) is 6.16 Å². The van der Waals surface area contributed by atoms with Crippen molar-refractivity contribution in [3.05, 3.63) is 0 Å². The van der Waals surface area contributed by atoms with Crippen LogP contribution in [0.5, 0.6) is 0 Å². The first-order valence-corrected chi connectivity index (χ1v) is 5.38. The topological polar surface area (TPSA) is 124 Å². The summed E-state index contributed by atoms with van der Waals surface area (Å²) in [5.74, 6) is -4.55. The van der Waals surface area contributed by atoms with Gasteiger partial charge in [-0.3, -0.25) is 9.36 Å². The predicted molar refractivity (Wildman–Crippen MR) is 42.5 cm³/mol. The molecule has 94 valence electrons. The molecule has 7 nitrogen and oxygen atoms in total. The Morgan fingerprint density at radius 3 is 2.00 bits per heavy atom. The smallest absolute Gasteiger partial charge is 0.471 e. The van der Waals surface area contributed by atoms with Gasteiger partial charge in [-0.25, -0.2) is 4.79 Å². The summed E-state index contributed by atoms with van der Waals surface area (Å²) in [5, 5.41) is 9.28. The number of aliphatic carboxylic acids is 1. The lowest BCUT2D eigenvalue weighted by atomic mass is 10.3. The van der Waals surface area contributed by atoms with Crippen molar-refractivity contribution in [3.8, 4) is 0 Å². The highest BCUT2D eigenvalue weighted by molar-refractivity contribution is 7.51. The summed E-state index contributed by atoms with van der Waals surface area (Å²) in [4.78, 5) is 37.4. The lowest BCUT2D eigenvalue weighted by Crippen LogP contribution is -2.48. The fourth-order valence-electron chi connectivity index (χ4n) is 0.663. The number of carbonyl (C=O) groups is 2. The van der Waals surface area contributed by atoms with Gasteiger partial charge in [0.1, 0.15) is 6.04 Å². The molecule has 0 heterocycles. The van der Waals surface area contributed by atoms with Crippen LogP contribution in [0.4, 0.5) is 13.2 Å². The summed E-state index contributed by atoms with van der Waals surface area (Å²) in [7, 11) is -4.85. The Bertz CT molecular complexity index is 336. The molecule has 0 aromatic heterocycles. The standard InChI is InChI=1S/C5H7F3NO6P/c6-5(7,8)4(12)9-2(3(10)11)1-16(13,14)15/h2H,1H2,(H,9,12)(H,10,11)(H2,13,14,15). The first-order chi connectivity index (χ1) is 6.93. The molecule has 11 heteroatoms. The van der Waals surface area contributed by atoms with Gasteiger partial charge in [-0.1, -0.05) is 0 Å². The van der Waals surface area contributed by atoms with Crippen LogP contribution in [0.25, 0.3) is 0 Å². The molecular weight excluding hydrogens is 258 g/mol. The number of amides is 1. The summed E-state index contributed by atoms with van der Waals surface area (Å²) in [5.41, 5.74) is 0. The predicted octanol–water partition coefficient (Wildman–Crippen LogP) is -0.704. The maximum Gasteiger partial charge on any atom is 0.471 e. The fourth-order valence-corrected chi connectivity index (χ4v) is 1.39. The number of halogens is 3. The lowest BCUT2D eigenvalue weighted by molar-refractivity contribution is -0.175. The average Bonchev–Trinajstić information content (AvgIpc) is 1.98. The SMILES string of the molecule is O=C(O)C(CP(=O)(O)O)NC(=O)C(F)(F)F. The van der Waals surface area contributed by atoms with Crippen molar-refractivity contribution < 1.29 is 42.2 Å². The zero-order valence-electron chi connectivity index (χ0n) is 7.43. The van der Waals surface area contributed by atoms with Gasteiger partial charge in [0, 0.05) is 0 Å². The van der Waals surface area contributed by atoms with Gasteiger partial charge in [-0.15, -0.1) is 0 Å². The van der Waals surface area contributed by atoms with Crippen LogP contribution in [0.3, 0.4) is 0 Å². The number of hydrogen-bond acceptors (Lipinski definition) is 3. The van der Waals surface area contributed by atoms with E-state index >= 15 is 0 Å². The summed E-state index contributed by atoms with van der Waals surface area (Å²) in [6.45, 7) is 0. The Morgan fingerprint density at radius 1 is 1.31 bits per heavy atom. The van der Waals surface area contributed by atoms with E-state index in [-0.39, 0.29) is 0 Å². The molecule has 0 bridgehead atoms. The third-order valence-corrected chi connectivity index (χ3v) is 2.12. The summed E-state index contributed by atoms with van der Waals surface area (Å²) >= 11 is 0. The van der Waals surface area contributed by atoms with Gasteiger partial charge in [0.25, 0.3) is 0 Å². The zero-order valence-corrected chi connectivity index (χ0v) is 8.33. The zero-order chi connectivity index (χ0) is 13.1. The molecule has 0 aromatic carbocycles. The fraction of sp³-hybridized carbons (Fsp3) is 0.600. The Hall–Kier alpha value is -1.12. The molecule has 0 rings (SSSR count). The second-order valence-corrected chi connectivity index (χ2v) is 4.40. The van der Waals surface area contributed by atoms with Gasteiger partial charge in [-0.2, -0.15) is 13.2 Å². The molecule has 0 saturated heterocycles. The van der Waals surface area contributed by atoms with Crippen molar-refractivity contribution in [1.29, 1.82) is 0 Å². The van der Waals surface area contributed by atoms with Crippen molar-refractivity contribution in [3.63, 3.8) is 0 Å². The Kier molecular flexibility index (Phi) is 4.47. The first kappa shape index (κ1) is 14.9. The Morgan fingerprint density at radius 2 is 1.75 bits per heavy atom. The normalized spacial score (nSPS) is 14.3. The molecule has 0 aliphatic rings. The number of alkyl halides is 3. The third kappa shape index (κ3) is 5.69. The third-order valence-electron chi connectivity index (χ3n) is 1.28. The summed E-state index contributed by atoms with van der Waals surface area (Å²) in [6, 6.07) is -2.30. The summed E-state index contributed by atoms with van der Waals surface area (Å²) < 4.78 is 45.5. The van der Waals surface area contributed by atoms with Crippen LogP contribution in [0.15, 0.2) is 0 Å². The monoisotopic (exact) mass is 265 g/mol. The van der Waals surface area contributed by atoms with Crippen LogP contribution in [0.2, 0.25) is 0 Å². The van der Waals surface area contributed by atoms with E-state index in [9.17, 15) is 27.3 Å². The van der Waals surface area contributed by atoms with E-state index < -0.39 is 37.9 Å². The number of nitrogens with one attached hydrogen (secondary N) is 1. The van der Waals surface area contributed by atoms with Crippen molar-refractivity contribution in [2.24, 2.45) is 0 Å². The molecule has 1 amide bonds. The molecule has 0 saturated carbocycles. The number of hydrogen-bond donors (Lipinski definition) is 4. The molecule has 4 N–H and O–H groups in total. The van der Waals surface area contributed by atoms with E-state index in [1.165, 1.54) is 0 Å². The van der Waals surface area contributed by atoms with E-state index in [1.807, 2.05) is 0 Å². The van der Waals surface area contributed by atoms with Crippen LogP contribution in [0.1, 0.15) is 0 Å². The van der Waals surface area contributed by atoms with Crippen LogP contribution in [-0.2, 0) is 14.2 Å². The minimum Gasteiger partial charge on any atom is -0.480 e. The second-order valence-electron chi connectivity index (χ2n) is 2.71. The molecular formula is C5H7F3NO6P. The van der Waals surface area contributed by atoms with E-state index in [4.69, 9.17) is 14.9 Å². The molecule has 0 aromatic rings. The number of rotatable bonds is 4. The average molecular weight is 265 g/mol.